The fourth-order valence-corrected chi connectivity index (χ4v) is 1.78. The number of hydrogen-bond acceptors (Lipinski definition) is 3. The van der Waals surface area contributed by atoms with Gasteiger partial charge >= 0.3 is 0 Å². The Morgan fingerprint density at radius 1 is 1.21 bits per heavy atom. The summed E-state index contributed by atoms with van der Waals surface area (Å²) in [5.74, 6) is 0.382. The molecule has 0 aliphatic heterocycles. The van der Waals surface area contributed by atoms with Gasteiger partial charge in [-0.2, -0.15) is 0 Å². The second-order valence-corrected chi connectivity index (χ2v) is 4.52. The Bertz CT molecular complexity index is 560. The molecule has 0 amide bonds. The molecule has 1 aromatic carbocycles. The van der Waals surface area contributed by atoms with Crippen molar-refractivity contribution < 1.29 is 4.39 Å². The number of rotatable bonds is 5. The van der Waals surface area contributed by atoms with Gasteiger partial charge < -0.3 is 10.6 Å². The molecule has 2 aromatic rings. The molecule has 0 aliphatic rings. The standard InChI is InChI=1S/C14H15ClFN3/c1-2-6-17-14-9-11(5-7-18-14)19-10-3-4-13(16)12(15)8-10/h3-5,7-9H,2,6H2,1H3,(H2,17,18,19). The van der Waals surface area contributed by atoms with Gasteiger partial charge in [-0.3, -0.25) is 0 Å². The van der Waals surface area contributed by atoms with Crippen LogP contribution in [0, 0.1) is 5.82 Å². The van der Waals surface area contributed by atoms with Crippen LogP contribution in [0.1, 0.15) is 13.3 Å². The van der Waals surface area contributed by atoms with Crippen molar-refractivity contribution in [3.05, 3.63) is 47.4 Å². The summed E-state index contributed by atoms with van der Waals surface area (Å²) in [5.41, 5.74) is 1.61. The van der Waals surface area contributed by atoms with Crippen LogP contribution in [-0.2, 0) is 0 Å². The van der Waals surface area contributed by atoms with E-state index in [0.29, 0.717) is 0 Å². The van der Waals surface area contributed by atoms with Crippen LogP contribution in [-0.4, -0.2) is 11.5 Å². The highest BCUT2D eigenvalue weighted by molar-refractivity contribution is 6.31. The first kappa shape index (κ1) is 13.6. The lowest BCUT2D eigenvalue weighted by atomic mass is 10.3. The summed E-state index contributed by atoms with van der Waals surface area (Å²) in [6.45, 7) is 2.97. The minimum atomic E-state index is -0.424. The van der Waals surface area contributed by atoms with Crippen molar-refractivity contribution in [3.8, 4) is 0 Å². The second kappa shape index (κ2) is 6.38. The van der Waals surface area contributed by atoms with Crippen LogP contribution in [0.25, 0.3) is 0 Å². The molecule has 2 N–H and O–H groups in total. The first-order valence-corrected chi connectivity index (χ1v) is 6.49. The van der Waals surface area contributed by atoms with Gasteiger partial charge in [0.2, 0.25) is 0 Å². The maximum atomic E-state index is 13.1. The average molecular weight is 280 g/mol. The highest BCUT2D eigenvalue weighted by Gasteiger charge is 2.02. The van der Waals surface area contributed by atoms with E-state index >= 15 is 0 Å². The smallest absolute Gasteiger partial charge is 0.141 e. The Morgan fingerprint density at radius 2 is 2.00 bits per heavy atom. The van der Waals surface area contributed by atoms with Gasteiger partial charge in [-0.05, 0) is 30.7 Å². The largest absolute Gasteiger partial charge is 0.370 e. The minimum Gasteiger partial charge on any atom is -0.370 e. The molecule has 0 bridgehead atoms. The molecule has 0 aliphatic carbocycles. The maximum Gasteiger partial charge on any atom is 0.141 e. The molecule has 0 saturated heterocycles. The molecule has 100 valence electrons. The van der Waals surface area contributed by atoms with Crippen LogP contribution in [0.15, 0.2) is 36.5 Å². The van der Waals surface area contributed by atoms with E-state index in [9.17, 15) is 4.39 Å². The van der Waals surface area contributed by atoms with E-state index < -0.39 is 5.82 Å². The summed E-state index contributed by atoms with van der Waals surface area (Å²) in [6, 6.07) is 8.26. The number of nitrogens with zero attached hydrogens (tertiary/aromatic N) is 1. The summed E-state index contributed by atoms with van der Waals surface area (Å²) in [7, 11) is 0. The molecular weight excluding hydrogens is 265 g/mol. The molecule has 2 rings (SSSR count). The number of aromatic nitrogens is 1. The number of nitrogens with one attached hydrogen (secondary N) is 2. The lowest BCUT2D eigenvalue weighted by Crippen LogP contribution is -2.02. The summed E-state index contributed by atoms with van der Waals surface area (Å²) in [4.78, 5) is 4.21. The minimum absolute atomic E-state index is 0.100. The fraction of sp³-hybridized carbons (Fsp3) is 0.214. The van der Waals surface area contributed by atoms with Crippen LogP contribution in [0.5, 0.6) is 0 Å². The van der Waals surface area contributed by atoms with Gasteiger partial charge in [-0.25, -0.2) is 9.37 Å². The number of anilines is 3. The Balaban J connectivity index is 2.11. The van der Waals surface area contributed by atoms with E-state index in [4.69, 9.17) is 11.6 Å². The van der Waals surface area contributed by atoms with Gasteiger partial charge in [0.25, 0.3) is 0 Å². The Morgan fingerprint density at radius 3 is 2.74 bits per heavy atom. The van der Waals surface area contributed by atoms with Gasteiger partial charge in [0, 0.05) is 30.2 Å². The van der Waals surface area contributed by atoms with E-state index in [1.165, 1.54) is 6.07 Å². The van der Waals surface area contributed by atoms with Crippen molar-refractivity contribution >= 4 is 28.8 Å². The van der Waals surface area contributed by atoms with Gasteiger partial charge in [0.05, 0.1) is 5.02 Å². The van der Waals surface area contributed by atoms with E-state index in [0.717, 1.165) is 30.2 Å². The number of benzene rings is 1. The summed E-state index contributed by atoms with van der Waals surface area (Å²) < 4.78 is 13.1. The second-order valence-electron chi connectivity index (χ2n) is 4.11. The molecule has 0 atom stereocenters. The lowest BCUT2D eigenvalue weighted by molar-refractivity contribution is 0.628. The summed E-state index contributed by atoms with van der Waals surface area (Å²) in [5, 5.41) is 6.46. The lowest BCUT2D eigenvalue weighted by Gasteiger charge is -2.09. The molecule has 0 fully saturated rings. The Hall–Kier alpha value is -1.81. The number of pyridine rings is 1. The molecule has 1 heterocycles. The molecule has 0 radical (unpaired) electrons. The quantitative estimate of drug-likeness (QED) is 0.849. The average Bonchev–Trinajstić information content (AvgIpc) is 2.41. The monoisotopic (exact) mass is 279 g/mol. The third kappa shape index (κ3) is 3.83. The zero-order chi connectivity index (χ0) is 13.7. The zero-order valence-corrected chi connectivity index (χ0v) is 11.3. The Kier molecular flexibility index (Phi) is 4.58. The molecule has 5 heteroatoms. The zero-order valence-electron chi connectivity index (χ0n) is 10.6. The van der Waals surface area contributed by atoms with Crippen molar-refractivity contribution in [3.63, 3.8) is 0 Å². The molecule has 0 saturated carbocycles. The summed E-state index contributed by atoms with van der Waals surface area (Å²) >= 11 is 5.74. The first-order chi connectivity index (χ1) is 9.19. The fourth-order valence-electron chi connectivity index (χ4n) is 1.60. The van der Waals surface area contributed by atoms with E-state index in [2.05, 4.69) is 22.5 Å². The van der Waals surface area contributed by atoms with Gasteiger partial charge in [0.15, 0.2) is 0 Å². The highest BCUT2D eigenvalue weighted by Crippen LogP contribution is 2.23. The maximum absolute atomic E-state index is 13.1. The molecule has 19 heavy (non-hydrogen) atoms. The number of halogens is 2. The van der Waals surface area contributed by atoms with Gasteiger partial charge in [0.1, 0.15) is 11.6 Å². The molecule has 0 unspecified atom stereocenters. The topological polar surface area (TPSA) is 37.0 Å². The normalized spacial score (nSPS) is 10.3. The predicted octanol–water partition coefficient (Wildman–Crippen LogP) is 4.44. The summed E-state index contributed by atoms with van der Waals surface area (Å²) in [6.07, 6.45) is 2.75. The van der Waals surface area contributed by atoms with Crippen LogP contribution in [0.4, 0.5) is 21.6 Å². The van der Waals surface area contributed by atoms with Crippen molar-refractivity contribution in [1.82, 2.24) is 4.98 Å². The van der Waals surface area contributed by atoms with Crippen LogP contribution in [0.3, 0.4) is 0 Å². The predicted molar refractivity (Wildman–Crippen MR) is 77.7 cm³/mol. The molecule has 0 spiro atoms. The van der Waals surface area contributed by atoms with Crippen molar-refractivity contribution in [1.29, 1.82) is 0 Å². The molecule has 1 aromatic heterocycles. The van der Waals surface area contributed by atoms with Gasteiger partial charge in [-0.15, -0.1) is 0 Å². The Labute approximate surface area is 116 Å². The molecule has 3 nitrogen and oxygen atoms in total. The highest BCUT2D eigenvalue weighted by atomic mass is 35.5. The first-order valence-electron chi connectivity index (χ1n) is 6.11. The SMILES string of the molecule is CCCNc1cc(Nc2ccc(F)c(Cl)c2)ccn1. The van der Waals surface area contributed by atoms with Crippen LogP contribution in [0.2, 0.25) is 5.02 Å². The van der Waals surface area contributed by atoms with Gasteiger partial charge in [-0.1, -0.05) is 18.5 Å². The third-order valence-corrected chi connectivity index (χ3v) is 2.81. The van der Waals surface area contributed by atoms with Crippen molar-refractivity contribution in [2.75, 3.05) is 17.2 Å². The number of hydrogen-bond donors (Lipinski definition) is 2. The van der Waals surface area contributed by atoms with Crippen molar-refractivity contribution in [2.45, 2.75) is 13.3 Å². The third-order valence-electron chi connectivity index (χ3n) is 2.52. The van der Waals surface area contributed by atoms with E-state index in [-0.39, 0.29) is 5.02 Å². The van der Waals surface area contributed by atoms with Crippen LogP contribution < -0.4 is 10.6 Å². The van der Waals surface area contributed by atoms with E-state index in [1.807, 2.05) is 12.1 Å². The molecular formula is C14H15ClFN3. The van der Waals surface area contributed by atoms with Crippen LogP contribution >= 0.6 is 11.6 Å². The van der Waals surface area contributed by atoms with E-state index in [1.54, 1.807) is 18.3 Å². The van der Waals surface area contributed by atoms with Crippen molar-refractivity contribution in [2.24, 2.45) is 0 Å².